The molecule has 38 heavy (non-hydrogen) atoms. The first-order valence-corrected chi connectivity index (χ1v) is 17.5. The maximum absolute atomic E-state index is 12.3. The largest absolute Gasteiger partial charge is 0.468 e. The zero-order valence-corrected chi connectivity index (χ0v) is 26.2. The van der Waals surface area contributed by atoms with Gasteiger partial charge in [0.2, 0.25) is 0 Å². The van der Waals surface area contributed by atoms with E-state index in [1.807, 2.05) is 38.1 Å². The zero-order chi connectivity index (χ0) is 28.0. The number of nitrogens with zero attached hydrogens (tertiary/aromatic N) is 1. The molecule has 2 aromatic rings. The van der Waals surface area contributed by atoms with Crippen LogP contribution in [0.1, 0.15) is 71.8 Å². The molecule has 3 rings (SSSR count). The lowest BCUT2D eigenvalue weighted by Crippen LogP contribution is -2.37. The summed E-state index contributed by atoms with van der Waals surface area (Å²) in [7, 11) is -1.65. The highest BCUT2D eigenvalue weighted by molar-refractivity contribution is 8.24. The molecule has 0 spiro atoms. The number of anilines is 2. The van der Waals surface area contributed by atoms with Gasteiger partial charge in [-0.1, -0.05) is 57.7 Å². The molecule has 0 fully saturated rings. The number of carbonyl (C=O) groups is 1. The molecule has 0 bridgehead atoms. The first-order valence-electron chi connectivity index (χ1n) is 13.5. The third kappa shape index (κ3) is 7.25. The minimum atomic E-state index is -3.06. The number of thioether (sulfide) groups is 2. The van der Waals surface area contributed by atoms with E-state index < -0.39 is 15.3 Å². The van der Waals surface area contributed by atoms with E-state index in [1.165, 1.54) is 18.9 Å². The van der Waals surface area contributed by atoms with E-state index in [0.29, 0.717) is 16.4 Å². The summed E-state index contributed by atoms with van der Waals surface area (Å²) in [6.45, 7) is 8.91. The summed E-state index contributed by atoms with van der Waals surface area (Å²) >= 11 is 3.17. The van der Waals surface area contributed by atoms with Crippen LogP contribution in [0.15, 0.2) is 52.3 Å². The summed E-state index contributed by atoms with van der Waals surface area (Å²) in [6, 6.07) is 14.5. The van der Waals surface area contributed by atoms with Crippen LogP contribution in [-0.2, 0) is 15.3 Å². The van der Waals surface area contributed by atoms with Gasteiger partial charge in [0.1, 0.15) is 4.75 Å². The molecule has 0 saturated carbocycles. The van der Waals surface area contributed by atoms with Gasteiger partial charge in [-0.05, 0) is 62.8 Å². The number of rotatable bonds is 12. The van der Waals surface area contributed by atoms with Gasteiger partial charge in [-0.25, -0.2) is 0 Å². The monoisotopic (exact) mass is 579 g/mol. The van der Waals surface area contributed by atoms with Crippen molar-refractivity contribution in [2.24, 2.45) is 5.41 Å². The smallest absolute Gasteiger partial charge is 0.321 e. The van der Waals surface area contributed by atoms with Crippen LogP contribution in [0.2, 0.25) is 0 Å². The average molecular weight is 580 g/mol. The molecule has 2 aromatic carbocycles. The zero-order valence-electron chi connectivity index (χ0n) is 23.8. The van der Waals surface area contributed by atoms with Crippen molar-refractivity contribution < 1.29 is 18.6 Å². The third-order valence-corrected chi connectivity index (χ3v) is 11.7. The topological polar surface area (TPSA) is 70.0 Å². The van der Waals surface area contributed by atoms with Crippen molar-refractivity contribution in [3.05, 3.63) is 48.0 Å². The Morgan fingerprint density at radius 1 is 1.11 bits per heavy atom. The molecule has 0 unspecified atom stereocenters. The van der Waals surface area contributed by atoms with Crippen LogP contribution < -0.4 is 4.90 Å². The van der Waals surface area contributed by atoms with Crippen molar-refractivity contribution in [3.8, 4) is 0 Å². The molecule has 0 amide bonds. The Morgan fingerprint density at radius 2 is 1.74 bits per heavy atom. The van der Waals surface area contributed by atoms with Crippen molar-refractivity contribution in [3.63, 3.8) is 0 Å². The molecule has 1 heterocycles. The normalized spacial score (nSPS) is 17.4. The van der Waals surface area contributed by atoms with Crippen LogP contribution in [0.5, 0.6) is 0 Å². The Balaban J connectivity index is 2.16. The van der Waals surface area contributed by atoms with Gasteiger partial charge >= 0.3 is 5.97 Å². The Kier molecular flexibility index (Phi) is 11.0. The van der Waals surface area contributed by atoms with E-state index in [-0.39, 0.29) is 11.4 Å². The van der Waals surface area contributed by atoms with E-state index >= 15 is 0 Å². The third-order valence-electron chi connectivity index (χ3n) is 7.46. The number of ether oxygens (including phenoxy) is 1. The van der Waals surface area contributed by atoms with E-state index in [2.05, 4.69) is 43.2 Å². The lowest BCUT2D eigenvalue weighted by atomic mass is 9.79. The highest BCUT2D eigenvalue weighted by atomic mass is 32.3. The van der Waals surface area contributed by atoms with Crippen molar-refractivity contribution in [1.82, 2.24) is 0 Å². The SMILES string of the molecule is CCCCC1(CCCC)CN(c2ccccc2)c2cc(SC)c(CSC(C)(C)C(=O)OC)cc2S(O)(O)C1. The number of hydrogen-bond donors (Lipinski definition) is 2. The molecule has 0 saturated heterocycles. The first-order chi connectivity index (χ1) is 18.0. The summed E-state index contributed by atoms with van der Waals surface area (Å²) in [6.07, 6.45) is 8.30. The second-order valence-electron chi connectivity index (χ2n) is 10.9. The highest BCUT2D eigenvalue weighted by Gasteiger charge is 2.42. The number of para-hydroxylation sites is 1. The first kappa shape index (κ1) is 31.2. The second kappa shape index (κ2) is 13.4. The lowest BCUT2D eigenvalue weighted by Gasteiger charge is -2.42. The number of esters is 1. The predicted octanol–water partition coefficient (Wildman–Crippen LogP) is 9.22. The Morgan fingerprint density at radius 3 is 2.29 bits per heavy atom. The van der Waals surface area contributed by atoms with Crippen LogP contribution in [0, 0.1) is 5.41 Å². The summed E-state index contributed by atoms with van der Waals surface area (Å²) in [5.74, 6) is 0.692. The molecule has 0 radical (unpaired) electrons. The molecule has 212 valence electrons. The Bertz CT molecular complexity index is 1070. The van der Waals surface area contributed by atoms with Crippen molar-refractivity contribution in [2.45, 2.75) is 86.5 Å². The van der Waals surface area contributed by atoms with Gasteiger partial charge in [-0.2, -0.15) is 10.6 Å². The van der Waals surface area contributed by atoms with Gasteiger partial charge in [0, 0.05) is 34.0 Å². The molecule has 2 N–H and O–H groups in total. The van der Waals surface area contributed by atoms with Crippen molar-refractivity contribution >= 4 is 51.5 Å². The molecular weight excluding hydrogens is 535 g/mol. The fraction of sp³-hybridized carbons (Fsp3) is 0.567. The van der Waals surface area contributed by atoms with E-state index in [4.69, 9.17) is 4.74 Å². The highest BCUT2D eigenvalue weighted by Crippen LogP contribution is 2.61. The maximum atomic E-state index is 12.3. The molecule has 1 aliphatic heterocycles. The van der Waals surface area contributed by atoms with Crippen molar-refractivity contribution in [2.75, 3.05) is 30.6 Å². The van der Waals surface area contributed by atoms with E-state index in [1.54, 1.807) is 11.8 Å². The molecular formula is C30H45NO4S3. The molecule has 0 atom stereocenters. The number of methoxy groups -OCH3 is 1. The lowest BCUT2D eigenvalue weighted by molar-refractivity contribution is -0.142. The fourth-order valence-electron chi connectivity index (χ4n) is 5.27. The maximum Gasteiger partial charge on any atom is 0.321 e. The van der Waals surface area contributed by atoms with Crippen LogP contribution in [-0.4, -0.2) is 45.5 Å². The Hall–Kier alpha value is -1.32. The van der Waals surface area contributed by atoms with Crippen LogP contribution in [0.4, 0.5) is 11.4 Å². The fourth-order valence-corrected chi connectivity index (χ4v) is 9.16. The molecule has 1 aliphatic rings. The molecule has 5 nitrogen and oxygen atoms in total. The summed E-state index contributed by atoms with van der Waals surface area (Å²) in [5, 5.41) is 0. The van der Waals surface area contributed by atoms with Gasteiger partial charge in [0.15, 0.2) is 0 Å². The number of fused-ring (bicyclic) bond motifs is 1. The molecule has 0 aliphatic carbocycles. The van der Waals surface area contributed by atoms with E-state index in [0.717, 1.165) is 66.9 Å². The second-order valence-corrected chi connectivity index (χ2v) is 15.4. The standard InChI is InChI=1S/C30H45NO4S3/c1-7-9-16-30(17-10-8-2)21-31(24-14-12-11-13-15-24)25-19-26(36-6)23(18-27(25)38(33,34)22-30)20-37-29(3,4)28(32)35-5/h11-15,18-19,33-34H,7-10,16-17,20-22H2,1-6H3. The van der Waals surface area contributed by atoms with E-state index in [9.17, 15) is 13.9 Å². The Labute approximate surface area is 239 Å². The summed E-state index contributed by atoms with van der Waals surface area (Å²) in [5.41, 5.74) is 2.78. The van der Waals surface area contributed by atoms with Gasteiger partial charge in [0.25, 0.3) is 0 Å². The van der Waals surface area contributed by atoms with Crippen molar-refractivity contribution in [1.29, 1.82) is 0 Å². The number of benzene rings is 2. The minimum Gasteiger partial charge on any atom is -0.468 e. The number of hydrogen-bond acceptors (Lipinski definition) is 7. The molecule has 8 heteroatoms. The quantitative estimate of drug-likeness (QED) is 0.192. The van der Waals surface area contributed by atoms with Gasteiger partial charge in [0.05, 0.1) is 17.7 Å². The van der Waals surface area contributed by atoms with Gasteiger partial charge in [-0.15, -0.1) is 23.5 Å². The number of unbranched alkanes of at least 4 members (excludes halogenated alkanes) is 2. The molecule has 0 aromatic heterocycles. The average Bonchev–Trinajstić information content (AvgIpc) is 3.00. The van der Waals surface area contributed by atoms with Crippen LogP contribution in [0.25, 0.3) is 0 Å². The summed E-state index contributed by atoms with van der Waals surface area (Å²) < 4.78 is 28.0. The van der Waals surface area contributed by atoms with Crippen LogP contribution >= 0.6 is 34.1 Å². The van der Waals surface area contributed by atoms with Crippen LogP contribution in [0.3, 0.4) is 0 Å². The van der Waals surface area contributed by atoms with Gasteiger partial charge < -0.3 is 9.64 Å². The number of carbonyl (C=O) groups excluding carboxylic acids is 1. The summed E-state index contributed by atoms with van der Waals surface area (Å²) in [4.78, 5) is 16.3. The van der Waals surface area contributed by atoms with Gasteiger partial charge in [-0.3, -0.25) is 13.9 Å². The minimum absolute atomic E-state index is 0.193. The predicted molar refractivity (Wildman–Crippen MR) is 167 cm³/mol.